The summed E-state index contributed by atoms with van der Waals surface area (Å²) in [4.78, 5) is 13.2. The second-order valence-corrected chi connectivity index (χ2v) is 9.62. The van der Waals surface area contributed by atoms with Crippen molar-refractivity contribution in [2.45, 2.75) is 18.4 Å². The summed E-state index contributed by atoms with van der Waals surface area (Å²) in [7, 11) is -3.68. The number of sulfonamides is 1. The molecule has 1 fully saturated rings. The Balaban J connectivity index is 1.53. The topological polar surface area (TPSA) is 84.9 Å². The molecular formula is C25H26N2O5S. The molecule has 1 saturated heterocycles. The van der Waals surface area contributed by atoms with Gasteiger partial charge >= 0.3 is 0 Å². The highest BCUT2D eigenvalue weighted by molar-refractivity contribution is 7.89. The Kier molecular flexibility index (Phi) is 7.08. The smallest absolute Gasteiger partial charge is 0.256 e. The van der Waals surface area contributed by atoms with Gasteiger partial charge in [0, 0.05) is 29.9 Å². The number of hydrogen-bond donors (Lipinski definition) is 1. The number of morpholine rings is 1. The molecule has 8 heteroatoms. The Morgan fingerprint density at radius 3 is 2.45 bits per heavy atom. The Labute approximate surface area is 194 Å². The van der Waals surface area contributed by atoms with Gasteiger partial charge < -0.3 is 14.8 Å². The predicted octanol–water partition coefficient (Wildman–Crippen LogP) is 3.85. The lowest BCUT2D eigenvalue weighted by atomic mass is 10.1. The first-order valence-electron chi connectivity index (χ1n) is 10.7. The zero-order chi connectivity index (χ0) is 23.3. The minimum Gasteiger partial charge on any atom is -0.489 e. The molecule has 0 radical (unpaired) electrons. The summed E-state index contributed by atoms with van der Waals surface area (Å²) < 4.78 is 38.8. The number of nitrogens with one attached hydrogen (secondary N) is 1. The van der Waals surface area contributed by atoms with E-state index in [0.717, 1.165) is 5.56 Å². The summed E-state index contributed by atoms with van der Waals surface area (Å²) in [5.74, 6) is 0.380. The minimum absolute atomic E-state index is 0.183. The lowest BCUT2D eigenvalue weighted by Crippen LogP contribution is -2.40. The number of benzene rings is 3. The number of para-hydroxylation sites is 1. The quantitative estimate of drug-likeness (QED) is 0.572. The van der Waals surface area contributed by atoms with E-state index in [1.54, 1.807) is 31.2 Å². The molecule has 3 aromatic carbocycles. The fraction of sp³-hybridized carbons (Fsp3) is 0.240. The highest BCUT2D eigenvalue weighted by atomic mass is 32.2. The number of aryl methyl sites for hydroxylation is 1. The first-order valence-corrected chi connectivity index (χ1v) is 12.1. The summed E-state index contributed by atoms with van der Waals surface area (Å²) in [6, 6.07) is 21.5. The van der Waals surface area contributed by atoms with E-state index in [-0.39, 0.29) is 17.4 Å². The van der Waals surface area contributed by atoms with Crippen LogP contribution in [0.15, 0.2) is 77.7 Å². The highest BCUT2D eigenvalue weighted by Gasteiger charge is 2.28. The third-order valence-corrected chi connectivity index (χ3v) is 7.47. The maximum Gasteiger partial charge on any atom is 0.256 e. The monoisotopic (exact) mass is 466 g/mol. The number of carbonyl (C=O) groups is 1. The molecule has 0 saturated carbocycles. The first kappa shape index (κ1) is 23.0. The van der Waals surface area contributed by atoms with Gasteiger partial charge in [0.2, 0.25) is 10.0 Å². The molecule has 7 nitrogen and oxygen atoms in total. The van der Waals surface area contributed by atoms with E-state index in [9.17, 15) is 13.2 Å². The minimum atomic E-state index is -3.68. The van der Waals surface area contributed by atoms with E-state index in [0.29, 0.717) is 48.9 Å². The van der Waals surface area contributed by atoms with Crippen molar-refractivity contribution in [2.75, 3.05) is 31.6 Å². The Morgan fingerprint density at radius 1 is 1.00 bits per heavy atom. The van der Waals surface area contributed by atoms with Crippen molar-refractivity contribution in [3.63, 3.8) is 0 Å². The van der Waals surface area contributed by atoms with Gasteiger partial charge in [0.25, 0.3) is 5.91 Å². The van der Waals surface area contributed by atoms with E-state index in [4.69, 9.17) is 9.47 Å². The number of rotatable bonds is 7. The van der Waals surface area contributed by atoms with Crippen LogP contribution in [0.1, 0.15) is 21.5 Å². The van der Waals surface area contributed by atoms with Gasteiger partial charge in [0.15, 0.2) is 0 Å². The molecule has 0 spiro atoms. The molecule has 0 unspecified atom stereocenters. The van der Waals surface area contributed by atoms with Gasteiger partial charge in [-0.1, -0.05) is 42.5 Å². The Hall–Kier alpha value is -3.20. The molecule has 4 rings (SSSR count). The molecule has 33 heavy (non-hydrogen) atoms. The van der Waals surface area contributed by atoms with Crippen molar-refractivity contribution in [2.24, 2.45) is 0 Å². The number of anilines is 1. The summed E-state index contributed by atoms with van der Waals surface area (Å²) in [5, 5.41) is 2.84. The lowest BCUT2D eigenvalue weighted by Gasteiger charge is -2.26. The number of nitrogens with zero attached hydrogens (tertiary/aromatic N) is 1. The van der Waals surface area contributed by atoms with Gasteiger partial charge in [-0.25, -0.2) is 8.42 Å². The highest BCUT2D eigenvalue weighted by Crippen LogP contribution is 2.25. The average molecular weight is 467 g/mol. The van der Waals surface area contributed by atoms with Crippen LogP contribution in [-0.2, 0) is 21.4 Å². The van der Waals surface area contributed by atoms with Gasteiger partial charge in [-0.2, -0.15) is 4.31 Å². The maximum absolute atomic E-state index is 13.1. The summed E-state index contributed by atoms with van der Waals surface area (Å²) in [6.07, 6.45) is 0. The molecule has 3 aromatic rings. The van der Waals surface area contributed by atoms with Crippen LogP contribution in [0, 0.1) is 6.92 Å². The van der Waals surface area contributed by atoms with E-state index in [1.165, 1.54) is 10.4 Å². The molecule has 0 aromatic heterocycles. The fourth-order valence-corrected chi connectivity index (χ4v) is 5.28. The van der Waals surface area contributed by atoms with Crippen LogP contribution in [0.3, 0.4) is 0 Å². The second kappa shape index (κ2) is 10.2. The van der Waals surface area contributed by atoms with Crippen molar-refractivity contribution in [3.8, 4) is 5.75 Å². The number of ether oxygens (including phenoxy) is 2. The normalized spacial score (nSPS) is 14.6. The molecule has 1 amide bonds. The van der Waals surface area contributed by atoms with Crippen LogP contribution >= 0.6 is 0 Å². The number of amides is 1. The standard InChI is InChI=1S/C25H26N2O5S/c1-19-11-12-21(17-24(19)33(29,30)27-13-15-31-16-14-27)26-25(28)23-10-6-5-7-20(23)18-32-22-8-3-2-4-9-22/h2-12,17H,13-16,18H2,1H3,(H,26,28). The van der Waals surface area contributed by atoms with Crippen LogP contribution in [0.4, 0.5) is 5.69 Å². The zero-order valence-electron chi connectivity index (χ0n) is 18.4. The fourth-order valence-electron chi connectivity index (χ4n) is 3.63. The summed E-state index contributed by atoms with van der Waals surface area (Å²) >= 11 is 0. The molecule has 1 heterocycles. The Bertz CT molecular complexity index is 1220. The van der Waals surface area contributed by atoms with Crippen molar-refractivity contribution >= 4 is 21.6 Å². The maximum atomic E-state index is 13.1. The van der Waals surface area contributed by atoms with Gasteiger partial charge in [-0.15, -0.1) is 0 Å². The third-order valence-electron chi connectivity index (χ3n) is 5.43. The largest absolute Gasteiger partial charge is 0.489 e. The lowest BCUT2D eigenvalue weighted by molar-refractivity contribution is 0.0730. The van der Waals surface area contributed by atoms with Gasteiger partial charge in [0.1, 0.15) is 12.4 Å². The van der Waals surface area contributed by atoms with Gasteiger partial charge in [-0.05, 0) is 42.8 Å². The molecule has 0 bridgehead atoms. The van der Waals surface area contributed by atoms with Crippen molar-refractivity contribution in [1.82, 2.24) is 4.31 Å². The zero-order valence-corrected chi connectivity index (χ0v) is 19.2. The Morgan fingerprint density at radius 2 is 1.70 bits per heavy atom. The molecule has 0 atom stereocenters. The van der Waals surface area contributed by atoms with Crippen LogP contribution in [-0.4, -0.2) is 44.9 Å². The molecule has 1 N–H and O–H groups in total. The van der Waals surface area contributed by atoms with E-state index in [1.807, 2.05) is 42.5 Å². The average Bonchev–Trinajstić information content (AvgIpc) is 2.85. The van der Waals surface area contributed by atoms with Crippen LogP contribution in [0.2, 0.25) is 0 Å². The number of hydrogen-bond acceptors (Lipinski definition) is 5. The predicted molar refractivity (Wildman–Crippen MR) is 126 cm³/mol. The molecule has 1 aliphatic heterocycles. The summed E-state index contributed by atoms with van der Waals surface area (Å²) in [5.41, 5.74) is 2.23. The van der Waals surface area contributed by atoms with Crippen molar-refractivity contribution in [1.29, 1.82) is 0 Å². The third kappa shape index (κ3) is 5.42. The molecule has 172 valence electrons. The van der Waals surface area contributed by atoms with Crippen molar-refractivity contribution < 1.29 is 22.7 Å². The molecule has 1 aliphatic rings. The van der Waals surface area contributed by atoms with Gasteiger partial charge in [-0.3, -0.25) is 4.79 Å². The van der Waals surface area contributed by atoms with Crippen LogP contribution in [0.5, 0.6) is 5.75 Å². The number of carbonyl (C=O) groups excluding carboxylic acids is 1. The molecular weight excluding hydrogens is 440 g/mol. The second-order valence-electron chi connectivity index (χ2n) is 7.71. The SMILES string of the molecule is Cc1ccc(NC(=O)c2ccccc2COc2ccccc2)cc1S(=O)(=O)N1CCOCC1. The summed E-state index contributed by atoms with van der Waals surface area (Å²) in [6.45, 7) is 3.35. The van der Waals surface area contributed by atoms with E-state index < -0.39 is 10.0 Å². The van der Waals surface area contributed by atoms with Gasteiger partial charge in [0.05, 0.1) is 18.1 Å². The van der Waals surface area contributed by atoms with E-state index in [2.05, 4.69) is 5.32 Å². The van der Waals surface area contributed by atoms with Crippen LogP contribution < -0.4 is 10.1 Å². The van der Waals surface area contributed by atoms with E-state index >= 15 is 0 Å². The molecule has 0 aliphatic carbocycles. The van der Waals surface area contributed by atoms with Crippen LogP contribution in [0.25, 0.3) is 0 Å². The van der Waals surface area contributed by atoms with Crippen molar-refractivity contribution in [3.05, 3.63) is 89.5 Å². The first-order chi connectivity index (χ1) is 15.9.